The second kappa shape index (κ2) is 5.92. The number of anilines is 1. The van der Waals surface area contributed by atoms with Gasteiger partial charge >= 0.3 is 0 Å². The number of ether oxygens (including phenoxy) is 1. The lowest BCUT2D eigenvalue weighted by Crippen LogP contribution is -2.19. The molecule has 1 aliphatic heterocycles. The van der Waals surface area contributed by atoms with Crippen molar-refractivity contribution >= 4 is 15.5 Å². The van der Waals surface area contributed by atoms with Crippen LogP contribution in [0.1, 0.15) is 26.7 Å². The van der Waals surface area contributed by atoms with E-state index in [-0.39, 0.29) is 11.9 Å². The third-order valence-electron chi connectivity index (χ3n) is 3.45. The van der Waals surface area contributed by atoms with E-state index >= 15 is 0 Å². The number of hydrogen-bond donors (Lipinski definition) is 1. The molecule has 0 aliphatic carbocycles. The van der Waals surface area contributed by atoms with Gasteiger partial charge in [-0.3, -0.25) is 0 Å². The number of hydrogen-bond acceptors (Lipinski definition) is 4. The van der Waals surface area contributed by atoms with Gasteiger partial charge < -0.3 is 10.1 Å². The lowest BCUT2D eigenvalue weighted by atomic mass is 10.2. The topological polar surface area (TPSA) is 55.4 Å². The molecule has 106 valence electrons. The van der Waals surface area contributed by atoms with Gasteiger partial charge in [0.2, 0.25) is 0 Å². The lowest BCUT2D eigenvalue weighted by molar-refractivity contribution is 0.0637. The highest BCUT2D eigenvalue weighted by atomic mass is 32.2. The first-order valence-electron chi connectivity index (χ1n) is 6.73. The van der Waals surface area contributed by atoms with Crippen LogP contribution in [0.5, 0.6) is 0 Å². The average molecular weight is 283 g/mol. The first-order valence-corrected chi connectivity index (χ1v) is 8.38. The minimum Gasteiger partial charge on any atom is -0.382 e. The molecule has 2 unspecified atom stereocenters. The van der Waals surface area contributed by atoms with Crippen molar-refractivity contribution in [1.29, 1.82) is 0 Å². The first kappa shape index (κ1) is 14.3. The van der Waals surface area contributed by atoms with Crippen LogP contribution in [0.2, 0.25) is 0 Å². The van der Waals surface area contributed by atoms with Gasteiger partial charge in [0.25, 0.3) is 0 Å². The van der Waals surface area contributed by atoms with Crippen LogP contribution in [0.4, 0.5) is 5.69 Å². The zero-order valence-corrected chi connectivity index (χ0v) is 12.2. The Morgan fingerprint density at radius 2 is 1.95 bits per heavy atom. The molecule has 0 saturated carbocycles. The van der Waals surface area contributed by atoms with E-state index < -0.39 is 9.84 Å². The summed E-state index contributed by atoms with van der Waals surface area (Å²) in [6.07, 6.45) is 2.80. The molecule has 1 aromatic rings. The van der Waals surface area contributed by atoms with E-state index in [0.29, 0.717) is 11.0 Å². The summed E-state index contributed by atoms with van der Waals surface area (Å²) in [5, 5.41) is 3.28. The normalized spacial score (nSPS) is 23.5. The van der Waals surface area contributed by atoms with Crippen LogP contribution < -0.4 is 5.32 Å². The molecule has 0 bridgehead atoms. The van der Waals surface area contributed by atoms with Crippen molar-refractivity contribution in [3.05, 3.63) is 24.3 Å². The molecule has 1 aromatic carbocycles. The zero-order chi connectivity index (χ0) is 13.9. The molecule has 2 rings (SSSR count). The maximum absolute atomic E-state index is 11.7. The smallest absolute Gasteiger partial charge is 0.178 e. The van der Waals surface area contributed by atoms with Gasteiger partial charge in [-0.15, -0.1) is 0 Å². The van der Waals surface area contributed by atoms with E-state index in [4.69, 9.17) is 4.74 Å². The molecule has 0 aromatic heterocycles. The fourth-order valence-electron chi connectivity index (χ4n) is 2.21. The van der Waals surface area contributed by atoms with Crippen LogP contribution >= 0.6 is 0 Å². The summed E-state index contributed by atoms with van der Waals surface area (Å²) in [6, 6.07) is 6.92. The van der Waals surface area contributed by atoms with Crippen molar-refractivity contribution in [3.8, 4) is 0 Å². The second-order valence-corrected chi connectivity index (χ2v) is 7.23. The molecule has 0 amide bonds. The van der Waals surface area contributed by atoms with Gasteiger partial charge in [0.1, 0.15) is 0 Å². The number of rotatable bonds is 5. The molecule has 1 heterocycles. The van der Waals surface area contributed by atoms with Gasteiger partial charge in [0, 0.05) is 12.2 Å². The minimum absolute atomic E-state index is 0.133. The van der Waals surface area contributed by atoms with E-state index in [1.54, 1.807) is 31.2 Å². The third kappa shape index (κ3) is 3.70. The standard InChI is InChI=1S/C14H21NO3S/c1-3-19(16,17)14-8-5-12(6-9-14)15-10-13-7-4-11(2)18-13/h5-6,8-9,11,13,15H,3-4,7,10H2,1-2H3. The Labute approximate surface area is 115 Å². The summed E-state index contributed by atoms with van der Waals surface area (Å²) in [7, 11) is -3.11. The predicted octanol–water partition coefficient (Wildman–Crippen LogP) is 2.46. The Hall–Kier alpha value is -1.07. The van der Waals surface area contributed by atoms with Gasteiger partial charge in [0.05, 0.1) is 22.9 Å². The van der Waals surface area contributed by atoms with Crippen molar-refractivity contribution < 1.29 is 13.2 Å². The molecular weight excluding hydrogens is 262 g/mol. The monoisotopic (exact) mass is 283 g/mol. The van der Waals surface area contributed by atoms with Crippen LogP contribution in [0.3, 0.4) is 0 Å². The highest BCUT2D eigenvalue weighted by Crippen LogP contribution is 2.20. The van der Waals surface area contributed by atoms with Gasteiger partial charge in [-0.05, 0) is 44.0 Å². The van der Waals surface area contributed by atoms with Crippen LogP contribution in [0, 0.1) is 0 Å². The largest absolute Gasteiger partial charge is 0.382 e. The summed E-state index contributed by atoms with van der Waals surface area (Å²) in [5.74, 6) is 0.133. The van der Waals surface area contributed by atoms with Crippen LogP contribution in [-0.2, 0) is 14.6 Å². The highest BCUT2D eigenvalue weighted by Gasteiger charge is 2.21. The zero-order valence-electron chi connectivity index (χ0n) is 11.4. The van der Waals surface area contributed by atoms with Crippen molar-refractivity contribution in [2.24, 2.45) is 0 Å². The Kier molecular flexibility index (Phi) is 4.47. The van der Waals surface area contributed by atoms with E-state index in [1.165, 1.54) is 0 Å². The first-order chi connectivity index (χ1) is 9.01. The molecule has 1 saturated heterocycles. The van der Waals surface area contributed by atoms with Gasteiger partial charge in [-0.25, -0.2) is 8.42 Å². The fourth-order valence-corrected chi connectivity index (χ4v) is 3.10. The van der Waals surface area contributed by atoms with E-state index in [9.17, 15) is 8.42 Å². The Morgan fingerprint density at radius 3 is 2.47 bits per heavy atom. The quantitative estimate of drug-likeness (QED) is 0.902. The van der Waals surface area contributed by atoms with Crippen molar-refractivity contribution in [2.75, 3.05) is 17.6 Å². The number of benzene rings is 1. The number of sulfone groups is 1. The molecule has 19 heavy (non-hydrogen) atoms. The van der Waals surface area contributed by atoms with E-state index in [2.05, 4.69) is 12.2 Å². The van der Waals surface area contributed by atoms with Crippen molar-refractivity contribution in [2.45, 2.75) is 43.8 Å². The summed E-state index contributed by atoms with van der Waals surface area (Å²) in [5.41, 5.74) is 0.929. The highest BCUT2D eigenvalue weighted by molar-refractivity contribution is 7.91. The molecule has 2 atom stereocenters. The van der Waals surface area contributed by atoms with E-state index in [0.717, 1.165) is 25.1 Å². The van der Waals surface area contributed by atoms with E-state index in [1.807, 2.05) is 0 Å². The van der Waals surface area contributed by atoms with Gasteiger partial charge in [0.15, 0.2) is 9.84 Å². The SMILES string of the molecule is CCS(=O)(=O)c1ccc(NCC2CCC(C)O2)cc1. The second-order valence-electron chi connectivity index (χ2n) is 4.95. The van der Waals surface area contributed by atoms with Crippen LogP contribution in [0.25, 0.3) is 0 Å². The number of nitrogens with one attached hydrogen (secondary N) is 1. The third-order valence-corrected chi connectivity index (χ3v) is 5.20. The molecule has 0 radical (unpaired) electrons. The van der Waals surface area contributed by atoms with Crippen molar-refractivity contribution in [3.63, 3.8) is 0 Å². The predicted molar refractivity (Wildman–Crippen MR) is 76.2 cm³/mol. The fraction of sp³-hybridized carbons (Fsp3) is 0.571. The molecule has 1 N–H and O–H groups in total. The van der Waals surface area contributed by atoms with Crippen LogP contribution in [0.15, 0.2) is 29.2 Å². The Bertz CT molecular complexity index is 510. The summed E-state index contributed by atoms with van der Waals surface area (Å²) in [6.45, 7) is 4.51. The molecular formula is C14H21NO3S. The summed E-state index contributed by atoms with van der Waals surface area (Å²) >= 11 is 0. The molecule has 4 nitrogen and oxygen atoms in total. The Morgan fingerprint density at radius 1 is 1.26 bits per heavy atom. The van der Waals surface area contributed by atoms with Gasteiger partial charge in [-0.1, -0.05) is 6.92 Å². The lowest BCUT2D eigenvalue weighted by Gasteiger charge is -2.13. The molecule has 5 heteroatoms. The summed E-state index contributed by atoms with van der Waals surface area (Å²) in [4.78, 5) is 0.381. The van der Waals surface area contributed by atoms with Gasteiger partial charge in [-0.2, -0.15) is 0 Å². The molecule has 1 fully saturated rings. The summed E-state index contributed by atoms with van der Waals surface area (Å²) < 4.78 is 29.1. The minimum atomic E-state index is -3.11. The van der Waals surface area contributed by atoms with Crippen LogP contribution in [-0.4, -0.2) is 32.9 Å². The van der Waals surface area contributed by atoms with Crippen molar-refractivity contribution in [1.82, 2.24) is 0 Å². The maximum atomic E-state index is 11.7. The molecule has 1 aliphatic rings. The maximum Gasteiger partial charge on any atom is 0.178 e. The molecule has 0 spiro atoms. The average Bonchev–Trinajstić information content (AvgIpc) is 2.83. The Balaban J connectivity index is 1.92.